The van der Waals surface area contributed by atoms with E-state index in [-0.39, 0.29) is 33.0 Å². The van der Waals surface area contributed by atoms with E-state index in [2.05, 4.69) is 0 Å². The Kier molecular flexibility index (Phi) is 26.2. The molecule has 284 valence electrons. The van der Waals surface area contributed by atoms with Crippen LogP contribution in [0.25, 0.3) is 0 Å². The maximum atomic E-state index is 13.3. The molecule has 0 fully saturated rings. The highest BCUT2D eigenvalue weighted by Crippen LogP contribution is 2.24. The van der Waals surface area contributed by atoms with Gasteiger partial charge in [0.25, 0.3) is 0 Å². The Balaban J connectivity index is 6.78. The van der Waals surface area contributed by atoms with Crippen LogP contribution in [0.15, 0.2) is 0 Å². The highest BCUT2D eigenvalue weighted by atomic mass is 28.4. The zero-order valence-corrected chi connectivity index (χ0v) is 31.7. The first kappa shape index (κ1) is 46.1. The van der Waals surface area contributed by atoms with Crippen LogP contribution in [0.5, 0.6) is 0 Å². The normalized spacial score (nSPS) is 14.1. The number of carbonyl (C=O) groups is 6. The number of carbonyl (C=O) groups excluding carboxylic acids is 6. The number of ether oxygens (including phenoxy) is 5. The maximum Gasteiger partial charge on any atom is 0.499 e. The second-order valence-electron chi connectivity index (χ2n) is 11.7. The van der Waals surface area contributed by atoms with Gasteiger partial charge in [-0.05, 0) is 39.0 Å². The molecule has 15 heteroatoms. The van der Waals surface area contributed by atoms with Crippen molar-refractivity contribution in [3.63, 3.8) is 0 Å². The zero-order valence-electron chi connectivity index (χ0n) is 30.7. The van der Waals surface area contributed by atoms with E-state index in [1.54, 1.807) is 0 Å². The Hall–Kier alpha value is -2.88. The average molecular weight is 721 g/mol. The summed E-state index contributed by atoms with van der Waals surface area (Å²) < 4.78 is 44.9. The molecule has 0 aliphatic carbocycles. The first-order chi connectivity index (χ1) is 23.4. The fourth-order valence-electron chi connectivity index (χ4n) is 3.95. The van der Waals surface area contributed by atoms with Crippen LogP contribution in [0.3, 0.4) is 0 Å². The van der Waals surface area contributed by atoms with Crippen molar-refractivity contribution in [2.75, 3.05) is 33.0 Å². The first-order valence-corrected chi connectivity index (χ1v) is 19.9. The van der Waals surface area contributed by atoms with Crippen LogP contribution in [-0.4, -0.2) is 95.8 Å². The summed E-state index contributed by atoms with van der Waals surface area (Å²) in [6.07, 6.45) is 0.0167. The Labute approximate surface area is 292 Å². The van der Waals surface area contributed by atoms with Gasteiger partial charge in [-0.25, -0.2) is 14.4 Å². The van der Waals surface area contributed by atoms with Crippen molar-refractivity contribution in [2.24, 2.45) is 0 Å². The Morgan fingerprint density at radius 3 is 0.980 bits per heavy atom. The Bertz CT molecular complexity index is 936. The van der Waals surface area contributed by atoms with E-state index < -0.39 is 82.0 Å². The molecule has 0 aliphatic rings. The Morgan fingerprint density at radius 2 is 0.714 bits per heavy atom. The molecule has 0 saturated heterocycles. The number of hydrogen-bond donors (Lipinski definition) is 0. The lowest BCUT2D eigenvalue weighted by Gasteiger charge is -2.34. The fraction of sp³-hybridized carbons (Fsp3) is 0.824. The molecule has 0 N–H and O–H groups in total. The van der Waals surface area contributed by atoms with Gasteiger partial charge in [-0.1, -0.05) is 66.7 Å². The second kappa shape index (κ2) is 27.9. The number of ketones is 1. The van der Waals surface area contributed by atoms with Crippen molar-refractivity contribution in [1.82, 2.24) is 0 Å². The molecule has 0 aromatic rings. The van der Waals surface area contributed by atoms with Gasteiger partial charge in [-0.15, -0.1) is 0 Å². The van der Waals surface area contributed by atoms with Crippen LogP contribution in [0.4, 0.5) is 0 Å². The SMILES string of the molecule is CCCCOC(=O)CC(O[Si](C)(OC(CC(C)=O)C(=O)OCCCC)OC(CC(=O)OCCCC)C(=O)OCCCC)C(=O)OCCCC. The quantitative estimate of drug-likeness (QED) is 0.0410. The molecule has 0 saturated carbocycles. The van der Waals surface area contributed by atoms with Crippen molar-refractivity contribution in [1.29, 1.82) is 0 Å². The van der Waals surface area contributed by atoms with Crippen LogP contribution >= 0.6 is 0 Å². The first-order valence-electron chi connectivity index (χ1n) is 17.7. The molecule has 3 unspecified atom stereocenters. The zero-order chi connectivity index (χ0) is 37.1. The van der Waals surface area contributed by atoms with Crippen molar-refractivity contribution in [2.45, 2.75) is 150 Å². The predicted molar refractivity (Wildman–Crippen MR) is 180 cm³/mol. The van der Waals surface area contributed by atoms with Crippen LogP contribution in [-0.2, 0) is 65.7 Å². The van der Waals surface area contributed by atoms with Gasteiger partial charge in [0.2, 0.25) is 0 Å². The summed E-state index contributed by atoms with van der Waals surface area (Å²) in [4.78, 5) is 77.6. The molecule has 0 aliphatic heterocycles. The minimum atomic E-state index is -4.52. The smallest absolute Gasteiger partial charge is 0.466 e. The molecule has 0 aromatic carbocycles. The summed E-state index contributed by atoms with van der Waals surface area (Å²) in [7, 11) is -4.52. The fourth-order valence-corrected chi connectivity index (χ4v) is 6.21. The Morgan fingerprint density at radius 1 is 0.449 bits per heavy atom. The molecule has 14 nitrogen and oxygen atoms in total. The maximum absolute atomic E-state index is 13.3. The minimum absolute atomic E-state index is 0.0345. The highest BCUT2D eigenvalue weighted by molar-refractivity contribution is 6.60. The third-order valence-electron chi connectivity index (χ3n) is 6.78. The molecule has 0 heterocycles. The van der Waals surface area contributed by atoms with Crippen molar-refractivity contribution < 1.29 is 65.7 Å². The summed E-state index contributed by atoms with van der Waals surface area (Å²) >= 11 is 0. The van der Waals surface area contributed by atoms with Crippen molar-refractivity contribution in [3.8, 4) is 0 Å². The van der Waals surface area contributed by atoms with Gasteiger partial charge in [-0.3, -0.25) is 14.4 Å². The molecular formula is C34H60O14Si. The van der Waals surface area contributed by atoms with Gasteiger partial charge in [0, 0.05) is 13.0 Å². The monoisotopic (exact) mass is 720 g/mol. The minimum Gasteiger partial charge on any atom is -0.466 e. The highest BCUT2D eigenvalue weighted by Gasteiger charge is 2.49. The topological polar surface area (TPSA) is 176 Å². The number of hydrogen-bond acceptors (Lipinski definition) is 14. The van der Waals surface area contributed by atoms with Gasteiger partial charge < -0.3 is 37.0 Å². The summed E-state index contributed by atoms with van der Waals surface area (Å²) in [6, 6.07) is 0. The lowest BCUT2D eigenvalue weighted by molar-refractivity contribution is -0.169. The molecule has 3 atom stereocenters. The van der Waals surface area contributed by atoms with E-state index in [0.29, 0.717) is 32.1 Å². The molecule has 0 radical (unpaired) electrons. The summed E-state index contributed by atoms with van der Waals surface area (Å²) in [6.45, 7) is 12.4. The average Bonchev–Trinajstić information content (AvgIpc) is 3.04. The van der Waals surface area contributed by atoms with Crippen LogP contribution in [0.2, 0.25) is 6.55 Å². The summed E-state index contributed by atoms with van der Waals surface area (Å²) in [5.74, 6) is -4.72. The molecule has 0 bridgehead atoms. The second-order valence-corrected chi connectivity index (χ2v) is 14.1. The molecule has 0 spiro atoms. The van der Waals surface area contributed by atoms with E-state index in [9.17, 15) is 28.8 Å². The number of unbranched alkanes of at least 4 members (excludes halogenated alkanes) is 5. The number of esters is 5. The lowest BCUT2D eigenvalue weighted by atomic mass is 10.2. The van der Waals surface area contributed by atoms with Gasteiger partial charge in [0.1, 0.15) is 5.78 Å². The molecular weight excluding hydrogens is 660 g/mol. The van der Waals surface area contributed by atoms with Crippen LogP contribution in [0.1, 0.15) is 125 Å². The van der Waals surface area contributed by atoms with Crippen molar-refractivity contribution in [3.05, 3.63) is 0 Å². The van der Waals surface area contributed by atoms with E-state index in [0.717, 1.165) is 32.1 Å². The predicted octanol–water partition coefficient (Wildman–Crippen LogP) is 5.19. The van der Waals surface area contributed by atoms with Crippen LogP contribution in [0, 0.1) is 0 Å². The van der Waals surface area contributed by atoms with Gasteiger partial charge >= 0.3 is 38.7 Å². The third-order valence-corrected chi connectivity index (χ3v) is 8.92. The molecule has 0 aromatic heterocycles. The molecule has 0 amide bonds. The number of Topliss-reactive ketones (excluding diaryl/α,β-unsaturated/α-hetero) is 1. The van der Waals surface area contributed by atoms with E-state index in [1.807, 2.05) is 34.6 Å². The van der Waals surface area contributed by atoms with E-state index >= 15 is 0 Å². The molecule has 49 heavy (non-hydrogen) atoms. The summed E-state index contributed by atoms with van der Waals surface area (Å²) in [5.41, 5.74) is 0. The van der Waals surface area contributed by atoms with E-state index in [4.69, 9.17) is 37.0 Å². The lowest BCUT2D eigenvalue weighted by Crippen LogP contribution is -2.55. The standard InChI is InChI=1S/C34H60O14Si/c1-8-13-18-41-30(36)24-28(33(39)44-21-16-11-4)47-49(7,46-27(23-26(6)35)32(38)43-20-15-10-3)48-29(34(40)45-22-17-12-5)25-31(37)42-19-14-9-2/h27-29H,8-25H2,1-7H3. The molecule has 0 rings (SSSR count). The number of rotatable bonds is 30. The summed E-state index contributed by atoms with van der Waals surface area (Å²) in [5, 5.41) is 0. The van der Waals surface area contributed by atoms with Crippen LogP contribution < -0.4 is 0 Å². The van der Waals surface area contributed by atoms with Gasteiger partial charge in [0.15, 0.2) is 18.3 Å². The van der Waals surface area contributed by atoms with Gasteiger partial charge in [-0.2, -0.15) is 0 Å². The van der Waals surface area contributed by atoms with Gasteiger partial charge in [0.05, 0.1) is 45.9 Å². The largest absolute Gasteiger partial charge is 0.499 e. The van der Waals surface area contributed by atoms with E-state index in [1.165, 1.54) is 13.5 Å². The van der Waals surface area contributed by atoms with Crippen molar-refractivity contribution >= 4 is 44.4 Å². The third kappa shape index (κ3) is 22.5.